The summed E-state index contributed by atoms with van der Waals surface area (Å²) in [5.41, 5.74) is 0. The summed E-state index contributed by atoms with van der Waals surface area (Å²) in [4.78, 5) is 0. The standard InChI is InChI=1S/C7H17NO3P/c1-8(2)4-6-10-12(3,9)11-7-5-8/h4-7H2,1-3H3/q+1. The lowest BCUT2D eigenvalue weighted by atomic mass is 10.4. The molecular formula is C7H17NO3P+. The van der Waals surface area contributed by atoms with Crippen molar-refractivity contribution in [2.45, 2.75) is 0 Å². The van der Waals surface area contributed by atoms with Gasteiger partial charge < -0.3 is 13.5 Å². The van der Waals surface area contributed by atoms with Crippen molar-refractivity contribution in [1.82, 2.24) is 0 Å². The number of hydrogen-bond donors (Lipinski definition) is 0. The summed E-state index contributed by atoms with van der Waals surface area (Å²) >= 11 is 0. The molecule has 12 heavy (non-hydrogen) atoms. The molecule has 72 valence electrons. The van der Waals surface area contributed by atoms with E-state index in [1.54, 1.807) is 0 Å². The lowest BCUT2D eigenvalue weighted by Gasteiger charge is -2.32. The lowest BCUT2D eigenvalue weighted by Crippen LogP contribution is -2.45. The van der Waals surface area contributed by atoms with Gasteiger partial charge in [0.1, 0.15) is 26.3 Å². The first-order valence-electron chi connectivity index (χ1n) is 4.10. The van der Waals surface area contributed by atoms with Crippen LogP contribution in [0.25, 0.3) is 0 Å². The van der Waals surface area contributed by atoms with Gasteiger partial charge in [0.25, 0.3) is 0 Å². The normalized spacial score (nSPS) is 28.9. The molecule has 0 atom stereocenters. The topological polar surface area (TPSA) is 35.5 Å². The molecule has 0 unspecified atom stereocenters. The first-order chi connectivity index (χ1) is 5.41. The SMILES string of the molecule is C[N+]1(C)CCOP(C)(=O)OCC1. The average Bonchev–Trinajstić information content (AvgIpc) is 1.82. The fraction of sp³-hybridized carbons (Fsp3) is 1.00. The quantitative estimate of drug-likeness (QED) is 0.425. The van der Waals surface area contributed by atoms with E-state index < -0.39 is 7.60 Å². The molecule has 0 aliphatic carbocycles. The maximum absolute atomic E-state index is 11.4. The summed E-state index contributed by atoms with van der Waals surface area (Å²) in [6.07, 6.45) is 0. The van der Waals surface area contributed by atoms with Crippen LogP contribution in [0.4, 0.5) is 0 Å². The molecule has 0 N–H and O–H groups in total. The van der Waals surface area contributed by atoms with Crippen LogP contribution in [0.3, 0.4) is 0 Å². The van der Waals surface area contributed by atoms with E-state index in [4.69, 9.17) is 9.05 Å². The van der Waals surface area contributed by atoms with Crippen LogP contribution in [-0.4, -0.2) is 51.5 Å². The second kappa shape index (κ2) is 3.46. The largest absolute Gasteiger partial charge is 0.328 e. The lowest BCUT2D eigenvalue weighted by molar-refractivity contribution is -0.891. The number of hydrogen-bond acceptors (Lipinski definition) is 3. The molecule has 1 rings (SSSR count). The molecule has 1 heterocycles. The zero-order valence-electron chi connectivity index (χ0n) is 7.95. The van der Waals surface area contributed by atoms with Gasteiger partial charge in [-0.2, -0.15) is 0 Å². The highest BCUT2D eigenvalue weighted by molar-refractivity contribution is 7.52. The molecule has 0 aromatic rings. The van der Waals surface area contributed by atoms with E-state index in [9.17, 15) is 4.57 Å². The Hall–Kier alpha value is 0.110. The van der Waals surface area contributed by atoms with Gasteiger partial charge in [-0.25, -0.2) is 0 Å². The van der Waals surface area contributed by atoms with Gasteiger partial charge in [-0.05, 0) is 0 Å². The van der Waals surface area contributed by atoms with E-state index in [2.05, 4.69) is 14.1 Å². The fourth-order valence-electron chi connectivity index (χ4n) is 1.06. The van der Waals surface area contributed by atoms with Crippen molar-refractivity contribution < 1.29 is 18.1 Å². The van der Waals surface area contributed by atoms with E-state index in [0.717, 1.165) is 17.6 Å². The molecule has 4 nitrogen and oxygen atoms in total. The summed E-state index contributed by atoms with van der Waals surface area (Å²) in [5, 5.41) is 0. The third-order valence-electron chi connectivity index (χ3n) is 2.04. The summed E-state index contributed by atoms with van der Waals surface area (Å²) in [6.45, 7) is 4.34. The maximum atomic E-state index is 11.4. The van der Waals surface area contributed by atoms with Crippen LogP contribution < -0.4 is 0 Å². The van der Waals surface area contributed by atoms with E-state index in [1.165, 1.54) is 6.66 Å². The van der Waals surface area contributed by atoms with Gasteiger partial charge in [-0.15, -0.1) is 0 Å². The number of rotatable bonds is 0. The number of quaternary nitrogens is 1. The Bertz CT molecular complexity index is 189. The molecule has 1 saturated heterocycles. The van der Waals surface area contributed by atoms with Crippen molar-refractivity contribution in [3.05, 3.63) is 0 Å². The molecule has 0 aromatic carbocycles. The molecule has 0 spiro atoms. The molecule has 0 aromatic heterocycles. The van der Waals surface area contributed by atoms with Gasteiger partial charge in [0, 0.05) is 6.66 Å². The first-order valence-corrected chi connectivity index (χ1v) is 6.09. The molecule has 1 aliphatic heterocycles. The predicted octanol–water partition coefficient (Wildman–Crippen LogP) is 0.932. The monoisotopic (exact) mass is 194 g/mol. The molecule has 0 amide bonds. The van der Waals surface area contributed by atoms with Crippen molar-refractivity contribution in [3.8, 4) is 0 Å². The Morgan fingerprint density at radius 2 is 1.58 bits per heavy atom. The minimum atomic E-state index is -2.72. The van der Waals surface area contributed by atoms with Gasteiger partial charge in [-0.1, -0.05) is 0 Å². The highest BCUT2D eigenvalue weighted by atomic mass is 31.2. The number of nitrogens with zero attached hydrogens (tertiary/aromatic N) is 1. The third kappa shape index (κ3) is 3.23. The average molecular weight is 194 g/mol. The molecular weight excluding hydrogens is 177 g/mol. The first kappa shape index (κ1) is 10.2. The van der Waals surface area contributed by atoms with E-state index in [-0.39, 0.29) is 0 Å². The Kier molecular flexibility index (Phi) is 2.94. The van der Waals surface area contributed by atoms with Gasteiger partial charge in [0.05, 0.1) is 14.1 Å². The van der Waals surface area contributed by atoms with E-state index in [1.807, 2.05) is 0 Å². The highest BCUT2D eigenvalue weighted by Crippen LogP contribution is 2.44. The predicted molar refractivity (Wildman–Crippen MR) is 47.3 cm³/mol. The van der Waals surface area contributed by atoms with Crippen molar-refractivity contribution in [1.29, 1.82) is 0 Å². The smallest absolute Gasteiger partial charge is 0.325 e. The van der Waals surface area contributed by atoms with Crippen LogP contribution in [-0.2, 0) is 13.6 Å². The van der Waals surface area contributed by atoms with Crippen LogP contribution in [0, 0.1) is 0 Å². The van der Waals surface area contributed by atoms with E-state index >= 15 is 0 Å². The minimum absolute atomic E-state index is 0.515. The van der Waals surface area contributed by atoms with E-state index in [0.29, 0.717) is 13.2 Å². The second-order valence-corrected chi connectivity index (χ2v) is 5.88. The summed E-state index contributed by atoms with van der Waals surface area (Å²) in [6, 6.07) is 0. The summed E-state index contributed by atoms with van der Waals surface area (Å²) < 4.78 is 22.5. The summed E-state index contributed by atoms with van der Waals surface area (Å²) in [7, 11) is 1.50. The van der Waals surface area contributed by atoms with Crippen LogP contribution >= 0.6 is 7.60 Å². The van der Waals surface area contributed by atoms with Crippen LogP contribution in [0.2, 0.25) is 0 Å². The maximum Gasteiger partial charge on any atom is 0.328 e. The zero-order chi connectivity index (χ0) is 9.24. The van der Waals surface area contributed by atoms with Crippen molar-refractivity contribution in [3.63, 3.8) is 0 Å². The molecule has 0 radical (unpaired) electrons. The Morgan fingerprint density at radius 3 is 2.00 bits per heavy atom. The van der Waals surface area contributed by atoms with Crippen molar-refractivity contribution in [2.75, 3.05) is 47.1 Å². The van der Waals surface area contributed by atoms with Crippen LogP contribution in [0.5, 0.6) is 0 Å². The van der Waals surface area contributed by atoms with Crippen molar-refractivity contribution in [2.24, 2.45) is 0 Å². The molecule has 1 fully saturated rings. The Labute approximate surface area is 73.6 Å². The van der Waals surface area contributed by atoms with Crippen LogP contribution in [0.15, 0.2) is 0 Å². The van der Waals surface area contributed by atoms with Gasteiger partial charge in [0.15, 0.2) is 0 Å². The van der Waals surface area contributed by atoms with Crippen LogP contribution in [0.1, 0.15) is 0 Å². The minimum Gasteiger partial charge on any atom is -0.325 e. The molecule has 1 aliphatic rings. The third-order valence-corrected chi connectivity index (χ3v) is 3.35. The summed E-state index contributed by atoms with van der Waals surface area (Å²) in [5.74, 6) is 0. The Morgan fingerprint density at radius 1 is 1.17 bits per heavy atom. The molecule has 0 saturated carbocycles. The molecule has 5 heteroatoms. The van der Waals surface area contributed by atoms with Gasteiger partial charge >= 0.3 is 7.60 Å². The highest BCUT2D eigenvalue weighted by Gasteiger charge is 2.25. The van der Waals surface area contributed by atoms with Gasteiger partial charge in [0.2, 0.25) is 0 Å². The zero-order valence-corrected chi connectivity index (χ0v) is 8.84. The molecule has 0 bridgehead atoms. The fourth-order valence-corrected chi connectivity index (χ4v) is 1.96. The van der Waals surface area contributed by atoms with Gasteiger partial charge in [-0.3, -0.25) is 4.57 Å². The Balaban J connectivity index is 2.51. The van der Waals surface area contributed by atoms with Crippen molar-refractivity contribution >= 4 is 7.60 Å². The number of likely N-dealkylation sites (N-methyl/N-ethyl adjacent to an activating group) is 1. The second-order valence-electron chi connectivity index (χ2n) is 3.82.